The van der Waals surface area contributed by atoms with Crippen molar-refractivity contribution in [3.05, 3.63) is 52.4 Å². The maximum atomic E-state index is 12.6. The molecule has 10 heteroatoms. The molecule has 0 aliphatic heterocycles. The van der Waals surface area contributed by atoms with Crippen molar-refractivity contribution in [2.45, 2.75) is 12.1 Å². The second kappa shape index (κ2) is 6.23. The molecule has 0 aliphatic carbocycles. The van der Waals surface area contributed by atoms with E-state index in [9.17, 15) is 18.0 Å². The van der Waals surface area contributed by atoms with Gasteiger partial charge >= 0.3 is 6.09 Å². The van der Waals surface area contributed by atoms with Gasteiger partial charge in [-0.2, -0.15) is 4.98 Å². The molecule has 0 saturated heterocycles. The third-order valence-electron chi connectivity index (χ3n) is 3.63. The number of carboxylic acid groups (broad SMARTS) is 1. The van der Waals surface area contributed by atoms with Crippen molar-refractivity contribution in [2.75, 3.05) is 11.6 Å². The Morgan fingerprint density at radius 1 is 1.27 bits per heavy atom. The van der Waals surface area contributed by atoms with E-state index in [2.05, 4.69) is 15.3 Å². The summed E-state index contributed by atoms with van der Waals surface area (Å²) in [6.45, 7) is 1.69. The Morgan fingerprint density at radius 3 is 2.65 bits per heavy atom. The van der Waals surface area contributed by atoms with Crippen LogP contribution < -0.4 is 10.9 Å². The van der Waals surface area contributed by atoms with Crippen LogP contribution in [0.4, 0.5) is 10.5 Å². The quantitative estimate of drug-likeness (QED) is 0.665. The molecule has 3 aromatic rings. The molecule has 0 spiro atoms. The summed E-state index contributed by atoms with van der Waals surface area (Å²) >= 11 is 0. The average molecular weight is 374 g/mol. The van der Waals surface area contributed by atoms with Gasteiger partial charge in [-0.25, -0.2) is 18.2 Å². The van der Waals surface area contributed by atoms with Gasteiger partial charge in [-0.15, -0.1) is 0 Å². The second-order valence-electron chi connectivity index (χ2n) is 5.64. The van der Waals surface area contributed by atoms with Crippen molar-refractivity contribution in [1.82, 2.24) is 14.5 Å². The number of rotatable bonds is 3. The number of hydrogen-bond donors (Lipinski definition) is 2. The van der Waals surface area contributed by atoms with Gasteiger partial charge in [-0.3, -0.25) is 14.7 Å². The molecular weight excluding hydrogens is 360 g/mol. The minimum absolute atomic E-state index is 0.123. The molecule has 0 aliphatic rings. The molecule has 0 bridgehead atoms. The molecule has 0 atom stereocenters. The van der Waals surface area contributed by atoms with Crippen molar-refractivity contribution in [2.24, 2.45) is 0 Å². The number of sulfone groups is 1. The van der Waals surface area contributed by atoms with Crippen molar-refractivity contribution < 1.29 is 18.3 Å². The zero-order valence-corrected chi connectivity index (χ0v) is 14.6. The topological polar surface area (TPSA) is 131 Å². The van der Waals surface area contributed by atoms with Crippen molar-refractivity contribution in [1.29, 1.82) is 0 Å². The van der Waals surface area contributed by atoms with Gasteiger partial charge in [0.1, 0.15) is 0 Å². The van der Waals surface area contributed by atoms with Crippen LogP contribution in [0.15, 0.2) is 46.5 Å². The third-order valence-corrected chi connectivity index (χ3v) is 4.49. The number of amides is 1. The van der Waals surface area contributed by atoms with Crippen LogP contribution in [0.3, 0.4) is 0 Å². The number of anilines is 1. The first-order valence-electron chi connectivity index (χ1n) is 7.36. The largest absolute Gasteiger partial charge is 0.465 e. The maximum Gasteiger partial charge on any atom is 0.409 e. The van der Waals surface area contributed by atoms with E-state index in [0.717, 1.165) is 6.26 Å². The summed E-state index contributed by atoms with van der Waals surface area (Å²) in [5, 5.41) is 11.2. The highest BCUT2D eigenvalue weighted by Crippen LogP contribution is 2.20. The Kier molecular flexibility index (Phi) is 4.20. The molecule has 9 nitrogen and oxygen atoms in total. The highest BCUT2D eigenvalue weighted by Gasteiger charge is 2.16. The molecule has 134 valence electrons. The van der Waals surface area contributed by atoms with E-state index in [1.807, 2.05) is 0 Å². The molecule has 0 saturated carbocycles. The Bertz CT molecular complexity index is 1200. The third kappa shape index (κ3) is 3.26. The summed E-state index contributed by atoms with van der Waals surface area (Å²) in [6.07, 6.45) is 1.08. The van der Waals surface area contributed by atoms with Gasteiger partial charge in [0.15, 0.2) is 5.65 Å². The Balaban J connectivity index is 2.35. The lowest BCUT2D eigenvalue weighted by Crippen LogP contribution is -2.21. The summed E-state index contributed by atoms with van der Waals surface area (Å²) in [5.74, 6) is 0. The molecule has 0 unspecified atom stereocenters. The lowest BCUT2D eigenvalue weighted by atomic mass is 10.2. The molecular formula is C16H14N4O5S. The molecule has 2 N–H and O–H groups in total. The van der Waals surface area contributed by atoms with Crippen LogP contribution in [0.5, 0.6) is 0 Å². The van der Waals surface area contributed by atoms with E-state index in [4.69, 9.17) is 5.11 Å². The van der Waals surface area contributed by atoms with Crippen molar-refractivity contribution >= 4 is 32.7 Å². The second-order valence-corrected chi connectivity index (χ2v) is 7.55. The number of carbonyl (C=O) groups is 1. The average Bonchev–Trinajstić information content (AvgIpc) is 2.53. The van der Waals surface area contributed by atoms with Gasteiger partial charge in [0.2, 0.25) is 15.0 Å². The van der Waals surface area contributed by atoms with Gasteiger partial charge in [-0.05, 0) is 30.7 Å². The smallest absolute Gasteiger partial charge is 0.409 e. The Labute approximate surface area is 147 Å². The van der Waals surface area contributed by atoms with Gasteiger partial charge in [0, 0.05) is 29.6 Å². The first-order chi connectivity index (χ1) is 12.2. The van der Waals surface area contributed by atoms with Gasteiger partial charge < -0.3 is 5.11 Å². The minimum Gasteiger partial charge on any atom is -0.465 e. The number of hydrogen-bond acceptors (Lipinski definition) is 6. The van der Waals surface area contributed by atoms with E-state index in [1.165, 1.54) is 29.0 Å². The fraction of sp³-hybridized carbons (Fsp3) is 0.125. The lowest BCUT2D eigenvalue weighted by Gasteiger charge is -2.12. The monoisotopic (exact) mass is 374 g/mol. The molecule has 3 rings (SSSR count). The predicted molar refractivity (Wildman–Crippen MR) is 94.6 cm³/mol. The summed E-state index contributed by atoms with van der Waals surface area (Å²) in [7, 11) is -3.67. The number of nitrogens with one attached hydrogen (secondary N) is 1. The van der Waals surface area contributed by atoms with E-state index in [0.29, 0.717) is 16.6 Å². The molecule has 0 radical (unpaired) electrons. The first-order valence-corrected chi connectivity index (χ1v) is 9.26. The fourth-order valence-electron chi connectivity index (χ4n) is 2.51. The molecule has 2 heterocycles. The molecule has 1 aromatic carbocycles. The summed E-state index contributed by atoms with van der Waals surface area (Å²) in [5.41, 5.74) is 0.886. The number of fused-ring (bicyclic) bond motifs is 1. The van der Waals surface area contributed by atoms with E-state index < -0.39 is 26.6 Å². The summed E-state index contributed by atoms with van der Waals surface area (Å²) in [6, 6.07) is 7.51. The normalized spacial score (nSPS) is 11.5. The number of aromatic nitrogens is 3. The molecule has 2 aromatic heterocycles. The lowest BCUT2D eigenvalue weighted by molar-refractivity contribution is 0.209. The van der Waals surface area contributed by atoms with Crippen molar-refractivity contribution in [3.63, 3.8) is 0 Å². The van der Waals surface area contributed by atoms with Crippen LogP contribution in [0, 0.1) is 6.92 Å². The van der Waals surface area contributed by atoms with Crippen LogP contribution >= 0.6 is 0 Å². The molecule has 0 fully saturated rings. The summed E-state index contributed by atoms with van der Waals surface area (Å²) in [4.78, 5) is 31.3. The van der Waals surface area contributed by atoms with Crippen LogP contribution in [-0.4, -0.2) is 40.4 Å². The van der Waals surface area contributed by atoms with E-state index in [1.54, 1.807) is 19.1 Å². The van der Waals surface area contributed by atoms with Crippen LogP contribution in [0.25, 0.3) is 16.7 Å². The van der Waals surface area contributed by atoms with Crippen molar-refractivity contribution in [3.8, 4) is 5.69 Å². The van der Waals surface area contributed by atoms with Gasteiger partial charge in [0.05, 0.1) is 5.69 Å². The SMILES string of the molecule is Cc1cc(=O)n(-c2cccc(NC(=O)O)c2)c2nc(S(C)(=O)=O)ncc12. The Hall–Kier alpha value is -3.27. The standard InChI is InChI=1S/C16H14N4O5S/c1-9-6-13(21)20(11-5-3-4-10(7-11)18-16(22)23)14-12(9)8-17-15(19-14)26(2,24)25/h3-8,18H,1-2H3,(H,22,23). The number of nitrogens with zero attached hydrogens (tertiary/aromatic N) is 3. The zero-order chi connectivity index (χ0) is 19.1. The highest BCUT2D eigenvalue weighted by atomic mass is 32.2. The van der Waals surface area contributed by atoms with E-state index in [-0.39, 0.29) is 11.3 Å². The van der Waals surface area contributed by atoms with Crippen LogP contribution in [0.2, 0.25) is 0 Å². The number of aryl methyl sites for hydroxylation is 1. The fourth-order valence-corrected chi connectivity index (χ4v) is 3.01. The van der Waals surface area contributed by atoms with Gasteiger partial charge in [-0.1, -0.05) is 6.07 Å². The molecule has 1 amide bonds. The Morgan fingerprint density at radius 2 is 2.00 bits per heavy atom. The summed E-state index contributed by atoms with van der Waals surface area (Å²) < 4.78 is 24.8. The predicted octanol–water partition coefficient (Wildman–Crippen LogP) is 1.58. The molecule has 26 heavy (non-hydrogen) atoms. The maximum absolute atomic E-state index is 12.6. The van der Waals surface area contributed by atoms with Gasteiger partial charge in [0.25, 0.3) is 5.56 Å². The van der Waals surface area contributed by atoms with Crippen LogP contribution in [-0.2, 0) is 9.84 Å². The first kappa shape index (κ1) is 17.5. The minimum atomic E-state index is -3.67. The number of benzene rings is 1. The van der Waals surface area contributed by atoms with Crippen LogP contribution in [0.1, 0.15) is 5.56 Å². The highest BCUT2D eigenvalue weighted by molar-refractivity contribution is 7.90. The zero-order valence-electron chi connectivity index (χ0n) is 13.8. The van der Waals surface area contributed by atoms with E-state index >= 15 is 0 Å². The number of pyridine rings is 1.